The van der Waals surface area contributed by atoms with Gasteiger partial charge in [0.05, 0.1) is 0 Å². The molecule has 0 radical (unpaired) electrons. The van der Waals surface area contributed by atoms with E-state index in [2.05, 4.69) is 0 Å². The molecule has 1 aliphatic rings. The van der Waals surface area contributed by atoms with E-state index in [1.54, 1.807) is 0 Å². The Hall–Kier alpha value is -1.67. The maximum absolute atomic E-state index is 11.0. The SMILES string of the molecule is CC(=O)OC[C@@H]1O[C@H](O)[C@H](OC(C)=O)[C@@H]1OC(C)=O. The van der Waals surface area contributed by atoms with Gasteiger partial charge in [-0.2, -0.15) is 0 Å². The minimum atomic E-state index is -1.45. The quantitative estimate of drug-likeness (QED) is 0.521. The van der Waals surface area contributed by atoms with Gasteiger partial charge in [-0.1, -0.05) is 0 Å². The van der Waals surface area contributed by atoms with Crippen molar-refractivity contribution in [3.63, 3.8) is 0 Å². The summed E-state index contributed by atoms with van der Waals surface area (Å²) >= 11 is 0. The Labute approximate surface area is 109 Å². The summed E-state index contributed by atoms with van der Waals surface area (Å²) in [6.07, 6.45) is -4.53. The molecule has 8 nitrogen and oxygen atoms in total. The maximum atomic E-state index is 11.0. The van der Waals surface area contributed by atoms with E-state index in [1.165, 1.54) is 13.8 Å². The molecule has 0 saturated carbocycles. The zero-order valence-electron chi connectivity index (χ0n) is 10.8. The van der Waals surface area contributed by atoms with E-state index >= 15 is 0 Å². The van der Waals surface area contributed by atoms with Crippen molar-refractivity contribution < 1.29 is 38.4 Å². The van der Waals surface area contributed by atoms with Crippen molar-refractivity contribution in [2.45, 2.75) is 45.4 Å². The molecule has 8 heteroatoms. The highest BCUT2D eigenvalue weighted by Crippen LogP contribution is 2.26. The second-order valence-electron chi connectivity index (χ2n) is 4.02. The number of hydrogen-bond acceptors (Lipinski definition) is 8. The van der Waals surface area contributed by atoms with Gasteiger partial charge in [-0.05, 0) is 0 Å². The first-order valence-electron chi connectivity index (χ1n) is 5.62. The number of rotatable bonds is 4. The van der Waals surface area contributed by atoms with Crippen molar-refractivity contribution in [2.24, 2.45) is 0 Å². The molecule has 19 heavy (non-hydrogen) atoms. The third-order valence-electron chi connectivity index (χ3n) is 2.34. The summed E-state index contributed by atoms with van der Waals surface area (Å²) in [6.45, 7) is 3.30. The summed E-state index contributed by atoms with van der Waals surface area (Å²) < 4.78 is 19.6. The lowest BCUT2D eigenvalue weighted by Crippen LogP contribution is -2.41. The van der Waals surface area contributed by atoms with Crippen molar-refractivity contribution >= 4 is 17.9 Å². The molecule has 1 aliphatic heterocycles. The van der Waals surface area contributed by atoms with Crippen LogP contribution in [0.3, 0.4) is 0 Å². The second-order valence-corrected chi connectivity index (χ2v) is 4.02. The molecular formula is C11H16O8. The Balaban J connectivity index is 2.76. The van der Waals surface area contributed by atoms with Gasteiger partial charge in [0, 0.05) is 20.8 Å². The fraction of sp³-hybridized carbons (Fsp3) is 0.727. The second kappa shape index (κ2) is 6.48. The fourth-order valence-electron chi connectivity index (χ4n) is 1.69. The van der Waals surface area contributed by atoms with Crippen LogP contribution >= 0.6 is 0 Å². The molecule has 108 valence electrons. The van der Waals surface area contributed by atoms with Gasteiger partial charge in [0.1, 0.15) is 12.7 Å². The van der Waals surface area contributed by atoms with Gasteiger partial charge in [-0.15, -0.1) is 0 Å². The smallest absolute Gasteiger partial charge is 0.303 e. The fourth-order valence-corrected chi connectivity index (χ4v) is 1.69. The van der Waals surface area contributed by atoms with E-state index in [1.807, 2.05) is 0 Å². The Morgan fingerprint density at radius 2 is 1.53 bits per heavy atom. The average molecular weight is 276 g/mol. The van der Waals surface area contributed by atoms with E-state index in [-0.39, 0.29) is 6.61 Å². The highest BCUT2D eigenvalue weighted by Gasteiger charge is 2.48. The van der Waals surface area contributed by atoms with Crippen LogP contribution in [0.4, 0.5) is 0 Å². The van der Waals surface area contributed by atoms with Crippen molar-refractivity contribution in [3.05, 3.63) is 0 Å². The molecule has 1 heterocycles. The predicted molar refractivity (Wildman–Crippen MR) is 58.6 cm³/mol. The molecule has 1 saturated heterocycles. The van der Waals surface area contributed by atoms with Crippen LogP contribution in [0.5, 0.6) is 0 Å². The lowest BCUT2D eigenvalue weighted by Gasteiger charge is -2.21. The first kappa shape index (κ1) is 15.4. The highest BCUT2D eigenvalue weighted by atomic mass is 16.7. The molecule has 0 aromatic rings. The lowest BCUT2D eigenvalue weighted by molar-refractivity contribution is -0.174. The summed E-state index contributed by atoms with van der Waals surface area (Å²) in [6, 6.07) is 0. The summed E-state index contributed by atoms with van der Waals surface area (Å²) in [5.74, 6) is -1.83. The Kier molecular flexibility index (Phi) is 5.25. The molecular weight excluding hydrogens is 260 g/mol. The minimum Gasteiger partial charge on any atom is -0.463 e. The molecule has 1 N–H and O–H groups in total. The monoisotopic (exact) mass is 276 g/mol. The number of hydrogen-bond donors (Lipinski definition) is 1. The van der Waals surface area contributed by atoms with Crippen molar-refractivity contribution in [2.75, 3.05) is 6.61 Å². The van der Waals surface area contributed by atoms with Crippen LogP contribution in [-0.4, -0.2) is 54.2 Å². The van der Waals surface area contributed by atoms with E-state index in [4.69, 9.17) is 18.9 Å². The van der Waals surface area contributed by atoms with Crippen LogP contribution in [0.2, 0.25) is 0 Å². The molecule has 4 atom stereocenters. The van der Waals surface area contributed by atoms with Crippen LogP contribution in [0, 0.1) is 0 Å². The molecule has 1 rings (SSSR count). The molecule has 0 spiro atoms. The van der Waals surface area contributed by atoms with E-state index in [0.29, 0.717) is 0 Å². The molecule has 0 bridgehead atoms. The molecule has 0 aromatic carbocycles. The number of esters is 3. The van der Waals surface area contributed by atoms with E-state index < -0.39 is 42.5 Å². The standard InChI is InChI=1S/C11H16O8/c1-5(12)16-4-8-9(17-6(2)13)10(11(15)19-8)18-7(3)14/h8-11,15H,4H2,1-3H3/t8-,9+,10+,11-/m0/s1. The topological polar surface area (TPSA) is 108 Å². The first-order valence-corrected chi connectivity index (χ1v) is 5.62. The highest BCUT2D eigenvalue weighted by molar-refractivity contribution is 5.67. The first-order chi connectivity index (χ1) is 8.81. The Morgan fingerprint density at radius 3 is 2.00 bits per heavy atom. The summed E-state index contributed by atoms with van der Waals surface area (Å²) in [7, 11) is 0. The van der Waals surface area contributed by atoms with Crippen molar-refractivity contribution in [1.29, 1.82) is 0 Å². The number of ether oxygens (including phenoxy) is 4. The van der Waals surface area contributed by atoms with E-state index in [9.17, 15) is 19.5 Å². The van der Waals surface area contributed by atoms with Crippen LogP contribution in [-0.2, 0) is 33.3 Å². The molecule has 0 aliphatic carbocycles. The van der Waals surface area contributed by atoms with Gasteiger partial charge in [0.15, 0.2) is 18.5 Å². The summed E-state index contributed by atoms with van der Waals surface area (Å²) in [5.41, 5.74) is 0. The maximum Gasteiger partial charge on any atom is 0.303 e. The molecule has 1 fully saturated rings. The zero-order valence-corrected chi connectivity index (χ0v) is 10.8. The van der Waals surface area contributed by atoms with Gasteiger partial charge >= 0.3 is 17.9 Å². The third kappa shape index (κ3) is 4.49. The van der Waals surface area contributed by atoms with Crippen LogP contribution in [0.25, 0.3) is 0 Å². The number of aliphatic hydroxyl groups excluding tert-OH is 1. The average Bonchev–Trinajstić information content (AvgIpc) is 2.53. The number of carbonyl (C=O) groups excluding carboxylic acids is 3. The van der Waals surface area contributed by atoms with Crippen LogP contribution < -0.4 is 0 Å². The number of aliphatic hydroxyl groups is 1. The van der Waals surface area contributed by atoms with Gasteiger partial charge in [0.2, 0.25) is 0 Å². The molecule has 0 amide bonds. The van der Waals surface area contributed by atoms with Gasteiger partial charge in [0.25, 0.3) is 0 Å². The Bertz CT molecular complexity index is 366. The third-order valence-corrected chi connectivity index (χ3v) is 2.34. The minimum absolute atomic E-state index is 0.220. The van der Waals surface area contributed by atoms with E-state index in [0.717, 1.165) is 6.92 Å². The molecule has 0 aromatic heterocycles. The number of carbonyl (C=O) groups is 3. The van der Waals surface area contributed by atoms with Gasteiger partial charge in [-0.25, -0.2) is 0 Å². The summed E-state index contributed by atoms with van der Waals surface area (Å²) in [4.78, 5) is 32.7. The summed E-state index contributed by atoms with van der Waals surface area (Å²) in [5, 5.41) is 9.63. The van der Waals surface area contributed by atoms with Crippen LogP contribution in [0.1, 0.15) is 20.8 Å². The van der Waals surface area contributed by atoms with Gasteiger partial charge in [-0.3, -0.25) is 14.4 Å². The lowest BCUT2D eigenvalue weighted by atomic mass is 10.1. The van der Waals surface area contributed by atoms with Crippen molar-refractivity contribution in [3.8, 4) is 0 Å². The Morgan fingerprint density at radius 1 is 1.00 bits per heavy atom. The van der Waals surface area contributed by atoms with Gasteiger partial charge < -0.3 is 24.1 Å². The van der Waals surface area contributed by atoms with Crippen LogP contribution in [0.15, 0.2) is 0 Å². The zero-order chi connectivity index (χ0) is 14.6. The predicted octanol–water partition coefficient (Wildman–Crippen LogP) is -0.870. The molecule has 0 unspecified atom stereocenters. The largest absolute Gasteiger partial charge is 0.463 e. The normalized spacial score (nSPS) is 29.7. The van der Waals surface area contributed by atoms with Crippen molar-refractivity contribution in [1.82, 2.24) is 0 Å².